The first kappa shape index (κ1) is 95.9. The van der Waals surface area contributed by atoms with Crippen LogP contribution in [0.3, 0.4) is 0 Å². The summed E-state index contributed by atoms with van der Waals surface area (Å²) < 4.78 is 5.52. The number of ether oxygens (including phenoxy) is 1. The van der Waals surface area contributed by atoms with Gasteiger partial charge in [-0.2, -0.15) is 0 Å². The van der Waals surface area contributed by atoms with E-state index in [4.69, 9.17) is 22.1 Å². The molecule has 8 N–H and O–H groups in total. The summed E-state index contributed by atoms with van der Waals surface area (Å²) in [4.78, 5) is 27.8. The standard InChI is InChI=1S/C16H25NO.C15H23N3O.C15H24N2.C14H22N2.C14H21NO.C13H19ClN2.C12H19NO/c1-12(2)14-4-5-16(15(10-14)11-18)13-6-8-17(3)9-7-13;1-12(2)13-3-5-14(6-4-13)17-7-9-18(10-8-17)15(19)11-16;1-11(2)14-5-7-15(8-6-14)17-10-12(3)16-9-13(17)4;1-11(2)13-4-6-14(7-5-13)16-9-8-15-10-12(16)3;1-11(2)12-3-5-13(6-4-12)15-9-7-14(16)8-10-15;1-10(2)12-4-3-11(9-13(12)14)16-7-5-15-6-8-16;1-10(2)11-4-6-12(7-5-11)14-9-8-13-3/h4-5,10,12-13,18H,6-9,11H2,1-3H3;3-6,12H,7-11,16H2,1-2H3;5-8,11-13,16H,9-10H2,1-4H3;4-7,11-12,15H,8-10H2,1-3H3;3-6,11,14,16H,7-10H2,1-2H3;3-4,9-10,15H,5-8H2,1-2H3;4-7,10,13H,8-9H2,1-3H3/t;;12-,13+;12-;;;/m..00.../s1. The molecule has 0 aliphatic carbocycles. The molecule has 6 fully saturated rings. The van der Waals surface area contributed by atoms with Gasteiger partial charge < -0.3 is 76.3 Å². The minimum Gasteiger partial charge on any atom is -0.492 e. The molecular formula is C99H153ClN12O4. The zero-order chi connectivity index (χ0) is 84.4. The molecule has 6 saturated heterocycles. The smallest absolute Gasteiger partial charge is 0.236 e. The van der Waals surface area contributed by atoms with E-state index in [1.165, 1.54) is 98.9 Å². The Kier molecular flexibility index (Phi) is 41.3. The molecule has 0 bridgehead atoms. The molecule has 0 unspecified atom stereocenters. The Morgan fingerprint density at radius 2 is 0.922 bits per heavy atom. The van der Waals surface area contributed by atoms with Crippen LogP contribution in [0.5, 0.6) is 5.75 Å². The minimum atomic E-state index is -0.0915. The highest BCUT2D eigenvalue weighted by atomic mass is 35.5. The first-order valence-corrected chi connectivity index (χ1v) is 44.5. The van der Waals surface area contributed by atoms with Gasteiger partial charge in [0.15, 0.2) is 0 Å². The van der Waals surface area contributed by atoms with Gasteiger partial charge in [-0.05, 0) is 244 Å². The fourth-order valence-corrected chi connectivity index (χ4v) is 15.9. The second-order valence-electron chi connectivity index (χ2n) is 35.0. The number of benzene rings is 7. The molecule has 0 radical (unpaired) electrons. The van der Waals surface area contributed by atoms with E-state index in [0.717, 1.165) is 141 Å². The Labute approximate surface area is 708 Å². The van der Waals surface area contributed by atoms with E-state index in [0.29, 0.717) is 65.5 Å². The summed E-state index contributed by atoms with van der Waals surface area (Å²) in [6.07, 6.45) is 4.12. The van der Waals surface area contributed by atoms with Crippen molar-refractivity contribution in [2.45, 2.75) is 222 Å². The van der Waals surface area contributed by atoms with E-state index < -0.39 is 0 Å². The second-order valence-corrected chi connectivity index (χ2v) is 35.4. The summed E-state index contributed by atoms with van der Waals surface area (Å²) in [5.74, 6) is 5.63. The highest BCUT2D eigenvalue weighted by molar-refractivity contribution is 6.31. The van der Waals surface area contributed by atoms with E-state index in [1.807, 2.05) is 24.1 Å². The third-order valence-electron chi connectivity index (χ3n) is 23.6. The number of hydrogen-bond donors (Lipinski definition) is 7. The van der Waals surface area contributed by atoms with Crippen LogP contribution in [0.2, 0.25) is 5.02 Å². The summed E-state index contributed by atoms with van der Waals surface area (Å²) in [5, 5.41) is 33.3. The number of aliphatic hydroxyl groups excluding tert-OH is 2. The molecule has 16 nitrogen and oxygen atoms in total. The zero-order valence-corrected chi connectivity index (χ0v) is 75.7. The fraction of sp³-hybridized carbons (Fsp3) is 0.566. The van der Waals surface area contributed by atoms with Crippen molar-refractivity contribution >= 4 is 45.9 Å². The Morgan fingerprint density at radius 1 is 0.491 bits per heavy atom. The van der Waals surface area contributed by atoms with Crippen molar-refractivity contribution in [1.82, 2.24) is 31.1 Å². The molecule has 0 aromatic heterocycles. The summed E-state index contributed by atoms with van der Waals surface area (Å²) in [7, 11) is 4.11. The Bertz CT molecular complexity index is 3840. The van der Waals surface area contributed by atoms with Crippen LogP contribution in [0, 0.1) is 0 Å². The number of piperidine rings is 2. The van der Waals surface area contributed by atoms with Gasteiger partial charge in [0.2, 0.25) is 5.91 Å². The zero-order valence-electron chi connectivity index (χ0n) is 74.9. The van der Waals surface area contributed by atoms with Crippen LogP contribution >= 0.6 is 11.6 Å². The number of nitrogens with two attached hydrogens (primary N) is 1. The number of nitrogens with one attached hydrogen (secondary N) is 4. The first-order valence-electron chi connectivity index (χ1n) is 44.2. The van der Waals surface area contributed by atoms with Crippen LogP contribution in [0.4, 0.5) is 28.4 Å². The number of carbonyl (C=O) groups is 1. The average molecular weight is 1610 g/mol. The lowest BCUT2D eigenvalue weighted by molar-refractivity contribution is -0.129. The number of nitrogens with zero attached hydrogens (tertiary/aromatic N) is 7. The Hall–Kier alpha value is -7.22. The third kappa shape index (κ3) is 31.2. The lowest BCUT2D eigenvalue weighted by Gasteiger charge is -2.39. The maximum Gasteiger partial charge on any atom is 0.236 e. The Balaban J connectivity index is 0.000000187. The summed E-state index contributed by atoms with van der Waals surface area (Å²) >= 11 is 6.30. The summed E-state index contributed by atoms with van der Waals surface area (Å²) in [6, 6.07) is 58.9. The van der Waals surface area contributed by atoms with Gasteiger partial charge in [0.1, 0.15) is 12.4 Å². The van der Waals surface area contributed by atoms with Crippen molar-refractivity contribution < 1.29 is 19.7 Å². The highest BCUT2D eigenvalue weighted by Crippen LogP contribution is 2.34. The van der Waals surface area contributed by atoms with Gasteiger partial charge in [-0.3, -0.25) is 4.79 Å². The number of rotatable bonds is 19. The monoisotopic (exact) mass is 1610 g/mol. The van der Waals surface area contributed by atoms with Crippen molar-refractivity contribution in [3.05, 3.63) is 213 Å². The largest absolute Gasteiger partial charge is 0.492 e. The molecule has 1 amide bonds. The first-order chi connectivity index (χ1) is 55.6. The predicted molar refractivity (Wildman–Crippen MR) is 498 cm³/mol. The molecule has 0 saturated carbocycles. The molecule has 0 spiro atoms. The van der Waals surface area contributed by atoms with Crippen molar-refractivity contribution in [2.24, 2.45) is 5.73 Å². The number of halogens is 1. The number of likely N-dealkylation sites (N-methyl/N-ethyl adjacent to an activating group) is 1. The lowest BCUT2D eigenvalue weighted by Crippen LogP contribution is -2.54. The number of hydrogen-bond acceptors (Lipinski definition) is 15. The Morgan fingerprint density at radius 3 is 1.37 bits per heavy atom. The predicted octanol–water partition coefficient (Wildman–Crippen LogP) is 18.2. The van der Waals surface area contributed by atoms with E-state index in [1.54, 1.807) is 0 Å². The van der Waals surface area contributed by atoms with Gasteiger partial charge in [-0.1, -0.05) is 193 Å². The SMILES string of the molecule is CC(C)c1ccc(C2CCN(C)CC2)c(CO)c1.CC(C)c1ccc(N2CCC(O)CC2)cc1.CC(C)c1ccc(N2CCN(C(=O)CN)CC2)cc1.CC(C)c1ccc(N2CCNCC2)cc1Cl.CC(C)c1ccc(N2CCNC[C@@H]2C)cc1.CC(C)c1ccc(N2C[C@H](C)NC[C@H]2C)cc1.CNCCOc1ccc(C(C)C)cc1. The van der Waals surface area contributed by atoms with Crippen LogP contribution in [0.15, 0.2) is 158 Å². The number of carbonyl (C=O) groups excluding carboxylic acids is 1. The van der Waals surface area contributed by atoms with Crippen LogP contribution in [-0.4, -0.2) is 195 Å². The van der Waals surface area contributed by atoms with E-state index >= 15 is 0 Å². The molecule has 17 heteroatoms. The summed E-state index contributed by atoms with van der Waals surface area (Å²) in [5.41, 5.74) is 23.9. The maximum atomic E-state index is 11.5. The molecule has 7 aromatic carbocycles. The fourth-order valence-electron chi connectivity index (χ4n) is 15.5. The van der Waals surface area contributed by atoms with E-state index in [2.05, 4.69) is 321 Å². The molecular weight excluding hydrogens is 1460 g/mol. The molecule has 3 atom stereocenters. The van der Waals surface area contributed by atoms with Gasteiger partial charge in [0.25, 0.3) is 0 Å². The van der Waals surface area contributed by atoms with E-state index in [9.17, 15) is 15.0 Å². The number of anilines is 5. The maximum absolute atomic E-state index is 11.5. The van der Waals surface area contributed by atoms with Crippen LogP contribution in [0.25, 0.3) is 0 Å². The minimum absolute atomic E-state index is 0.0507. The van der Waals surface area contributed by atoms with E-state index in [-0.39, 0.29) is 25.2 Å². The molecule has 6 heterocycles. The van der Waals surface area contributed by atoms with Crippen LogP contribution in [0.1, 0.15) is 241 Å². The highest BCUT2D eigenvalue weighted by Gasteiger charge is 2.26. The number of aliphatic hydroxyl groups is 2. The summed E-state index contributed by atoms with van der Waals surface area (Å²) in [6.45, 7) is 56.9. The normalized spacial score (nSPS) is 18.3. The number of likely N-dealkylation sites (tertiary alicyclic amines) is 1. The molecule has 640 valence electrons. The van der Waals surface area contributed by atoms with Gasteiger partial charge in [-0.25, -0.2) is 0 Å². The lowest BCUT2D eigenvalue weighted by atomic mass is 9.85. The second kappa shape index (κ2) is 50.0. The van der Waals surface area contributed by atoms with Crippen molar-refractivity contribution in [3.8, 4) is 5.75 Å². The average Bonchev–Trinajstić information content (AvgIpc) is 0.835. The number of amides is 1. The van der Waals surface area contributed by atoms with Gasteiger partial charge >= 0.3 is 0 Å². The van der Waals surface area contributed by atoms with Gasteiger partial charge in [-0.15, -0.1) is 0 Å². The molecule has 7 aromatic rings. The van der Waals surface area contributed by atoms with Crippen LogP contribution < -0.4 is 56.2 Å². The van der Waals surface area contributed by atoms with Crippen LogP contribution in [-0.2, 0) is 11.4 Å². The van der Waals surface area contributed by atoms with Crippen molar-refractivity contribution in [3.63, 3.8) is 0 Å². The van der Waals surface area contributed by atoms with Crippen molar-refractivity contribution in [1.29, 1.82) is 0 Å². The quantitative estimate of drug-likeness (QED) is 0.0383. The third-order valence-corrected chi connectivity index (χ3v) is 23.9. The molecule has 116 heavy (non-hydrogen) atoms. The van der Waals surface area contributed by atoms with Gasteiger partial charge in [0.05, 0.1) is 19.3 Å². The van der Waals surface area contributed by atoms with Gasteiger partial charge in [0, 0.05) is 156 Å². The molecule has 6 aliphatic heterocycles. The molecule has 6 aliphatic rings. The van der Waals surface area contributed by atoms with Crippen molar-refractivity contribution in [2.75, 3.05) is 170 Å². The molecule has 13 rings (SSSR count). The number of piperazine rings is 4. The topological polar surface area (TPSA) is 164 Å².